The van der Waals surface area contributed by atoms with Gasteiger partial charge in [-0.2, -0.15) is 0 Å². The molecule has 0 saturated heterocycles. The van der Waals surface area contributed by atoms with Gasteiger partial charge in [0.25, 0.3) is 0 Å². The van der Waals surface area contributed by atoms with Crippen molar-refractivity contribution >= 4 is 6.21 Å². The number of aliphatic imine (C=N–C) groups is 1. The third kappa shape index (κ3) is 5.15. The van der Waals surface area contributed by atoms with Crippen LogP contribution >= 0.6 is 0 Å². The molecular formula is C7H11N. The molecule has 0 unspecified atom stereocenters. The fourth-order valence-electron chi connectivity index (χ4n) is 0.277. The first-order valence-corrected chi connectivity index (χ1v) is 2.71. The molecule has 0 heterocycles. The lowest BCUT2D eigenvalue weighted by atomic mass is 10.5. The van der Waals surface area contributed by atoms with Gasteiger partial charge in [-0.1, -0.05) is 25.7 Å². The average molecular weight is 109 g/mol. The van der Waals surface area contributed by atoms with Crippen molar-refractivity contribution in [2.75, 3.05) is 0 Å². The summed E-state index contributed by atoms with van der Waals surface area (Å²) < 4.78 is 0. The van der Waals surface area contributed by atoms with E-state index >= 15 is 0 Å². The lowest BCUT2D eigenvalue weighted by molar-refractivity contribution is 1.21. The first-order valence-electron chi connectivity index (χ1n) is 2.71. The third-order valence-corrected chi connectivity index (χ3v) is 0.619. The quantitative estimate of drug-likeness (QED) is 0.492. The average Bonchev–Trinajstić information content (AvgIpc) is 1.81. The highest BCUT2D eigenvalue weighted by Gasteiger charge is 1.59. The standard InChI is InChI=1S/C7H11N/c1-3-5-7-8-6-4-2/h4-7H,2-3H2,1H3/b7-5-,8-6-. The zero-order valence-corrected chi connectivity index (χ0v) is 5.17. The Morgan fingerprint density at radius 3 is 2.88 bits per heavy atom. The molecular weight excluding hydrogens is 98.1 g/mol. The Hall–Kier alpha value is -0.850. The Morgan fingerprint density at radius 2 is 2.38 bits per heavy atom. The van der Waals surface area contributed by atoms with Crippen molar-refractivity contribution in [3.8, 4) is 0 Å². The topological polar surface area (TPSA) is 12.4 Å². The van der Waals surface area contributed by atoms with Crippen LogP contribution in [0.15, 0.2) is 29.9 Å². The molecule has 0 saturated carbocycles. The molecule has 44 valence electrons. The molecule has 0 atom stereocenters. The fraction of sp³-hybridized carbons (Fsp3) is 0.286. The molecule has 0 aromatic rings. The minimum Gasteiger partial charge on any atom is -0.265 e. The molecule has 0 aliphatic carbocycles. The van der Waals surface area contributed by atoms with Gasteiger partial charge in [0.1, 0.15) is 0 Å². The second-order valence-corrected chi connectivity index (χ2v) is 1.33. The second-order valence-electron chi connectivity index (χ2n) is 1.33. The van der Waals surface area contributed by atoms with Gasteiger partial charge in [0.2, 0.25) is 0 Å². The summed E-state index contributed by atoms with van der Waals surface area (Å²) in [6.07, 6.45) is 8.10. The molecule has 0 rings (SSSR count). The van der Waals surface area contributed by atoms with Crippen LogP contribution in [0, 0.1) is 0 Å². The fourth-order valence-corrected chi connectivity index (χ4v) is 0.277. The summed E-state index contributed by atoms with van der Waals surface area (Å²) >= 11 is 0. The summed E-state index contributed by atoms with van der Waals surface area (Å²) in [5.74, 6) is 0. The molecule has 0 aromatic heterocycles. The van der Waals surface area contributed by atoms with Gasteiger partial charge in [0.15, 0.2) is 0 Å². The van der Waals surface area contributed by atoms with Crippen molar-refractivity contribution in [3.63, 3.8) is 0 Å². The number of hydrogen-bond acceptors (Lipinski definition) is 1. The van der Waals surface area contributed by atoms with E-state index < -0.39 is 0 Å². The van der Waals surface area contributed by atoms with Crippen molar-refractivity contribution in [1.82, 2.24) is 0 Å². The van der Waals surface area contributed by atoms with Crippen LogP contribution in [0.4, 0.5) is 0 Å². The molecule has 0 N–H and O–H groups in total. The highest BCUT2D eigenvalue weighted by Crippen LogP contribution is 1.78. The Morgan fingerprint density at radius 1 is 1.62 bits per heavy atom. The summed E-state index contributed by atoms with van der Waals surface area (Å²) in [4.78, 5) is 3.86. The van der Waals surface area contributed by atoms with E-state index in [4.69, 9.17) is 0 Å². The minimum absolute atomic E-state index is 1.04. The predicted molar refractivity (Wildman–Crippen MR) is 38.1 cm³/mol. The van der Waals surface area contributed by atoms with E-state index in [1.165, 1.54) is 0 Å². The van der Waals surface area contributed by atoms with E-state index in [0.717, 1.165) is 6.42 Å². The lowest BCUT2D eigenvalue weighted by Gasteiger charge is -1.72. The monoisotopic (exact) mass is 109 g/mol. The molecule has 8 heavy (non-hydrogen) atoms. The molecule has 1 heteroatoms. The van der Waals surface area contributed by atoms with E-state index in [9.17, 15) is 0 Å². The van der Waals surface area contributed by atoms with Gasteiger partial charge in [-0.3, -0.25) is 4.99 Å². The summed E-state index contributed by atoms with van der Waals surface area (Å²) in [5, 5.41) is 0. The van der Waals surface area contributed by atoms with Gasteiger partial charge < -0.3 is 0 Å². The maximum Gasteiger partial charge on any atom is 0.0261 e. The lowest BCUT2D eigenvalue weighted by Crippen LogP contribution is -1.56. The maximum absolute atomic E-state index is 3.86. The van der Waals surface area contributed by atoms with Crippen molar-refractivity contribution in [1.29, 1.82) is 0 Å². The molecule has 0 fully saturated rings. The first kappa shape index (κ1) is 7.15. The van der Waals surface area contributed by atoms with E-state index in [-0.39, 0.29) is 0 Å². The normalized spacial score (nSPS) is 11.1. The van der Waals surface area contributed by atoms with Crippen LogP contribution in [-0.4, -0.2) is 6.21 Å². The van der Waals surface area contributed by atoms with Gasteiger partial charge in [0, 0.05) is 12.4 Å². The van der Waals surface area contributed by atoms with Crippen LogP contribution in [0.25, 0.3) is 0 Å². The summed E-state index contributed by atoms with van der Waals surface area (Å²) in [7, 11) is 0. The highest BCUT2D eigenvalue weighted by atomic mass is 14.6. The smallest absolute Gasteiger partial charge is 0.0261 e. The molecule has 0 bridgehead atoms. The number of hydrogen-bond donors (Lipinski definition) is 0. The summed E-state index contributed by atoms with van der Waals surface area (Å²) in [5.41, 5.74) is 0. The van der Waals surface area contributed by atoms with Crippen molar-refractivity contribution in [2.45, 2.75) is 13.3 Å². The van der Waals surface area contributed by atoms with E-state index in [0.29, 0.717) is 0 Å². The van der Waals surface area contributed by atoms with E-state index in [1.54, 1.807) is 18.5 Å². The van der Waals surface area contributed by atoms with E-state index in [2.05, 4.69) is 18.5 Å². The molecule has 1 nitrogen and oxygen atoms in total. The van der Waals surface area contributed by atoms with Crippen molar-refractivity contribution in [2.24, 2.45) is 4.99 Å². The van der Waals surface area contributed by atoms with Gasteiger partial charge in [-0.15, -0.1) is 0 Å². The Balaban J connectivity index is 3.26. The van der Waals surface area contributed by atoms with Crippen LogP contribution in [0.1, 0.15) is 13.3 Å². The maximum atomic E-state index is 3.86. The SMILES string of the molecule is C=C/C=N\C=C/CC. The number of allylic oxidation sites excluding steroid dienone is 2. The van der Waals surface area contributed by atoms with Crippen LogP contribution in [0.2, 0.25) is 0 Å². The molecule has 0 spiro atoms. The second kappa shape index (κ2) is 6.15. The zero-order chi connectivity index (χ0) is 6.24. The van der Waals surface area contributed by atoms with E-state index in [1.807, 2.05) is 6.08 Å². The Labute approximate surface area is 50.4 Å². The van der Waals surface area contributed by atoms with Gasteiger partial charge in [-0.05, 0) is 6.42 Å². The first-order chi connectivity index (χ1) is 3.91. The largest absolute Gasteiger partial charge is 0.265 e. The predicted octanol–water partition coefficient (Wildman–Crippen LogP) is 2.17. The van der Waals surface area contributed by atoms with Gasteiger partial charge in [0.05, 0.1) is 0 Å². The van der Waals surface area contributed by atoms with Crippen LogP contribution in [0.3, 0.4) is 0 Å². The van der Waals surface area contributed by atoms with Crippen LogP contribution < -0.4 is 0 Å². The summed E-state index contributed by atoms with van der Waals surface area (Å²) in [6.45, 7) is 5.54. The highest BCUT2D eigenvalue weighted by molar-refractivity contribution is 5.70. The molecule has 0 aliphatic heterocycles. The van der Waals surface area contributed by atoms with Crippen LogP contribution in [-0.2, 0) is 0 Å². The third-order valence-electron chi connectivity index (χ3n) is 0.619. The number of rotatable bonds is 3. The van der Waals surface area contributed by atoms with Crippen molar-refractivity contribution < 1.29 is 0 Å². The Kier molecular flexibility index (Phi) is 5.50. The summed E-state index contributed by atoms with van der Waals surface area (Å²) in [6, 6.07) is 0. The molecule has 0 radical (unpaired) electrons. The zero-order valence-electron chi connectivity index (χ0n) is 5.17. The van der Waals surface area contributed by atoms with Gasteiger partial charge in [-0.25, -0.2) is 0 Å². The van der Waals surface area contributed by atoms with Crippen LogP contribution in [0.5, 0.6) is 0 Å². The van der Waals surface area contributed by atoms with Crippen molar-refractivity contribution in [3.05, 3.63) is 24.9 Å². The Bertz CT molecular complexity index is 101. The molecule has 0 amide bonds. The number of nitrogens with zero attached hydrogens (tertiary/aromatic N) is 1. The van der Waals surface area contributed by atoms with Gasteiger partial charge >= 0.3 is 0 Å². The minimum atomic E-state index is 1.04. The molecule has 0 aromatic carbocycles. The molecule has 0 aliphatic rings.